The number of aromatic nitrogens is 2. The van der Waals surface area contributed by atoms with E-state index in [-0.39, 0.29) is 12.5 Å². The van der Waals surface area contributed by atoms with Crippen molar-refractivity contribution in [3.63, 3.8) is 0 Å². The second-order valence-corrected chi connectivity index (χ2v) is 6.28. The Labute approximate surface area is 158 Å². The molecule has 0 saturated heterocycles. The van der Waals surface area contributed by atoms with Gasteiger partial charge in [0, 0.05) is 19.4 Å². The van der Waals surface area contributed by atoms with E-state index in [1.54, 1.807) is 13.3 Å². The minimum absolute atomic E-state index is 0.0751. The molecule has 1 heterocycles. The number of nitrogens with zero attached hydrogens (tertiary/aromatic N) is 2. The van der Waals surface area contributed by atoms with Gasteiger partial charge >= 0.3 is 0 Å². The Morgan fingerprint density at radius 2 is 1.96 bits per heavy atom. The van der Waals surface area contributed by atoms with Crippen LogP contribution in [-0.4, -0.2) is 29.2 Å². The molecule has 1 aromatic heterocycles. The first-order valence-corrected chi connectivity index (χ1v) is 8.67. The quantitative estimate of drug-likeness (QED) is 0.699. The molecular weight excluding hydrogens is 342 g/mol. The molecule has 1 N–H and O–H groups in total. The Kier molecular flexibility index (Phi) is 5.76. The number of methoxy groups -OCH3 is 1. The third-order valence-electron chi connectivity index (χ3n) is 4.21. The zero-order valence-electron chi connectivity index (χ0n) is 15.7. The van der Waals surface area contributed by atoms with Crippen LogP contribution in [0.3, 0.4) is 0 Å². The van der Waals surface area contributed by atoms with Crippen molar-refractivity contribution in [3.05, 3.63) is 77.9 Å². The minimum Gasteiger partial charge on any atom is -0.497 e. The monoisotopic (exact) mass is 365 g/mol. The molecule has 0 spiro atoms. The minimum atomic E-state index is -0.409. The third-order valence-corrected chi connectivity index (χ3v) is 4.21. The van der Waals surface area contributed by atoms with Crippen LogP contribution in [0.4, 0.5) is 0 Å². The summed E-state index contributed by atoms with van der Waals surface area (Å²) in [6, 6.07) is 14.8. The Morgan fingerprint density at radius 1 is 1.19 bits per heavy atom. The number of nitrogens with one attached hydrogen (secondary N) is 1. The lowest BCUT2D eigenvalue weighted by atomic mass is 10.1. The highest BCUT2D eigenvalue weighted by molar-refractivity contribution is 5.78. The van der Waals surface area contributed by atoms with Gasteiger partial charge in [0.05, 0.1) is 7.11 Å². The van der Waals surface area contributed by atoms with E-state index < -0.39 is 6.04 Å². The smallest absolute Gasteiger partial charge is 0.258 e. The molecule has 6 nitrogen and oxygen atoms in total. The van der Waals surface area contributed by atoms with Crippen LogP contribution in [0.2, 0.25) is 0 Å². The lowest BCUT2D eigenvalue weighted by Crippen LogP contribution is -2.34. The van der Waals surface area contributed by atoms with Gasteiger partial charge in [-0.15, -0.1) is 0 Å². The Bertz CT molecular complexity index is 920. The molecule has 1 amide bonds. The number of hydrogen-bond donors (Lipinski definition) is 1. The fourth-order valence-corrected chi connectivity index (χ4v) is 2.83. The van der Waals surface area contributed by atoms with Crippen LogP contribution in [0.5, 0.6) is 11.5 Å². The third kappa shape index (κ3) is 4.67. The molecule has 1 unspecified atom stereocenters. The molecule has 0 fully saturated rings. The Balaban J connectivity index is 1.77. The van der Waals surface area contributed by atoms with Crippen LogP contribution >= 0.6 is 0 Å². The number of benzene rings is 2. The molecule has 0 saturated carbocycles. The SMILES string of the molecule is COc1cccc(C(NC(=O)COc2cccc(C)c2)c2nccn2C)c1. The molecule has 27 heavy (non-hydrogen) atoms. The Hall–Kier alpha value is -3.28. The van der Waals surface area contributed by atoms with E-state index in [1.165, 1.54) is 0 Å². The van der Waals surface area contributed by atoms with Crippen molar-refractivity contribution in [2.24, 2.45) is 7.05 Å². The number of imidazole rings is 1. The average molecular weight is 365 g/mol. The maximum Gasteiger partial charge on any atom is 0.258 e. The second-order valence-electron chi connectivity index (χ2n) is 6.28. The first kappa shape index (κ1) is 18.5. The van der Waals surface area contributed by atoms with Crippen molar-refractivity contribution in [1.29, 1.82) is 0 Å². The van der Waals surface area contributed by atoms with E-state index in [4.69, 9.17) is 9.47 Å². The van der Waals surface area contributed by atoms with Crippen LogP contribution in [0.1, 0.15) is 23.0 Å². The summed E-state index contributed by atoms with van der Waals surface area (Å²) in [5, 5.41) is 3.01. The molecule has 0 radical (unpaired) electrons. The van der Waals surface area contributed by atoms with Crippen LogP contribution in [0, 0.1) is 6.92 Å². The van der Waals surface area contributed by atoms with Gasteiger partial charge in [0.25, 0.3) is 5.91 Å². The highest BCUT2D eigenvalue weighted by Gasteiger charge is 2.21. The predicted molar refractivity (Wildman–Crippen MR) is 103 cm³/mol. The number of carbonyl (C=O) groups is 1. The zero-order chi connectivity index (χ0) is 19.2. The van der Waals surface area contributed by atoms with Crippen molar-refractivity contribution in [2.75, 3.05) is 13.7 Å². The summed E-state index contributed by atoms with van der Waals surface area (Å²) in [5.41, 5.74) is 1.96. The lowest BCUT2D eigenvalue weighted by molar-refractivity contribution is -0.123. The maximum atomic E-state index is 12.5. The topological polar surface area (TPSA) is 65.4 Å². The van der Waals surface area contributed by atoms with E-state index in [9.17, 15) is 4.79 Å². The summed E-state index contributed by atoms with van der Waals surface area (Å²) in [6.07, 6.45) is 3.55. The summed E-state index contributed by atoms with van der Waals surface area (Å²) in [7, 11) is 3.51. The van der Waals surface area contributed by atoms with Crippen molar-refractivity contribution >= 4 is 5.91 Å². The van der Waals surface area contributed by atoms with Gasteiger partial charge in [0.2, 0.25) is 0 Å². The largest absolute Gasteiger partial charge is 0.497 e. The van der Waals surface area contributed by atoms with Crippen molar-refractivity contribution < 1.29 is 14.3 Å². The van der Waals surface area contributed by atoms with Gasteiger partial charge in [0.1, 0.15) is 23.4 Å². The number of amides is 1. The molecule has 3 rings (SSSR count). The van der Waals surface area contributed by atoms with Gasteiger partial charge in [-0.25, -0.2) is 4.98 Å². The number of aryl methyl sites for hydroxylation is 2. The van der Waals surface area contributed by atoms with Gasteiger partial charge in [-0.2, -0.15) is 0 Å². The first-order chi connectivity index (χ1) is 13.1. The second kappa shape index (κ2) is 8.40. The molecule has 1 atom stereocenters. The summed E-state index contributed by atoms with van der Waals surface area (Å²) in [6.45, 7) is 1.90. The summed E-state index contributed by atoms with van der Waals surface area (Å²) in [5.74, 6) is 1.89. The predicted octanol–water partition coefficient (Wildman–Crippen LogP) is 3.02. The number of carbonyl (C=O) groups excluding carboxylic acids is 1. The molecule has 140 valence electrons. The normalized spacial score (nSPS) is 11.7. The molecule has 0 aliphatic carbocycles. The van der Waals surface area contributed by atoms with Crippen molar-refractivity contribution in [2.45, 2.75) is 13.0 Å². The standard InChI is InChI=1S/C21H23N3O3/c1-15-6-4-9-18(12-15)27-14-19(25)23-20(21-22-10-11-24(21)2)16-7-5-8-17(13-16)26-3/h4-13,20H,14H2,1-3H3,(H,23,25). The van der Waals surface area contributed by atoms with Gasteiger partial charge in [-0.05, 0) is 42.3 Å². The van der Waals surface area contributed by atoms with Crippen molar-refractivity contribution in [1.82, 2.24) is 14.9 Å². The van der Waals surface area contributed by atoms with E-state index in [0.29, 0.717) is 5.75 Å². The molecule has 0 bridgehead atoms. The molecular formula is C21H23N3O3. The number of hydrogen-bond acceptors (Lipinski definition) is 4. The van der Waals surface area contributed by atoms with E-state index in [2.05, 4.69) is 10.3 Å². The Morgan fingerprint density at radius 3 is 2.67 bits per heavy atom. The number of ether oxygens (including phenoxy) is 2. The molecule has 0 aliphatic rings. The summed E-state index contributed by atoms with van der Waals surface area (Å²) >= 11 is 0. The zero-order valence-corrected chi connectivity index (χ0v) is 15.7. The van der Waals surface area contributed by atoms with Crippen LogP contribution in [-0.2, 0) is 11.8 Å². The lowest BCUT2D eigenvalue weighted by Gasteiger charge is -2.20. The molecule has 0 aliphatic heterocycles. The number of rotatable bonds is 7. The average Bonchev–Trinajstić information content (AvgIpc) is 3.10. The highest BCUT2D eigenvalue weighted by atomic mass is 16.5. The molecule has 6 heteroatoms. The van der Waals surface area contributed by atoms with E-state index in [0.717, 1.165) is 22.7 Å². The fourth-order valence-electron chi connectivity index (χ4n) is 2.83. The van der Waals surface area contributed by atoms with Gasteiger partial charge in [0.15, 0.2) is 6.61 Å². The molecule has 3 aromatic rings. The fraction of sp³-hybridized carbons (Fsp3) is 0.238. The van der Waals surface area contributed by atoms with Gasteiger partial charge in [-0.1, -0.05) is 24.3 Å². The first-order valence-electron chi connectivity index (χ1n) is 8.67. The maximum absolute atomic E-state index is 12.5. The van der Waals surface area contributed by atoms with E-state index >= 15 is 0 Å². The molecule has 2 aromatic carbocycles. The van der Waals surface area contributed by atoms with Gasteiger partial charge in [-0.3, -0.25) is 4.79 Å². The van der Waals surface area contributed by atoms with Gasteiger partial charge < -0.3 is 19.4 Å². The van der Waals surface area contributed by atoms with E-state index in [1.807, 2.05) is 73.3 Å². The summed E-state index contributed by atoms with van der Waals surface area (Å²) < 4.78 is 12.8. The van der Waals surface area contributed by atoms with Crippen LogP contribution in [0.25, 0.3) is 0 Å². The van der Waals surface area contributed by atoms with Crippen LogP contribution < -0.4 is 14.8 Å². The summed E-state index contributed by atoms with van der Waals surface area (Å²) in [4.78, 5) is 16.9. The van der Waals surface area contributed by atoms with Crippen LogP contribution in [0.15, 0.2) is 60.9 Å². The van der Waals surface area contributed by atoms with Crippen molar-refractivity contribution in [3.8, 4) is 11.5 Å². The highest BCUT2D eigenvalue weighted by Crippen LogP contribution is 2.24.